The molecule has 0 saturated carbocycles. The lowest BCUT2D eigenvalue weighted by Gasteiger charge is -2.21. The molecule has 6 heteroatoms. The number of hydrogen-bond acceptors (Lipinski definition) is 5. The van der Waals surface area contributed by atoms with E-state index in [0.29, 0.717) is 6.04 Å². The lowest BCUT2D eigenvalue weighted by Crippen LogP contribution is -2.28. The molecule has 0 aliphatic carbocycles. The van der Waals surface area contributed by atoms with Crippen molar-refractivity contribution in [2.45, 2.75) is 18.9 Å². The van der Waals surface area contributed by atoms with Crippen molar-refractivity contribution < 1.29 is 4.21 Å². The third kappa shape index (κ3) is 2.47. The number of aromatic nitrogens is 2. The molecule has 1 saturated heterocycles. The van der Waals surface area contributed by atoms with Gasteiger partial charge in [0, 0.05) is 39.9 Å². The Morgan fingerprint density at radius 2 is 2.31 bits per heavy atom. The number of rotatable bonds is 2. The minimum absolute atomic E-state index is 0.458. The number of nitrogens with one attached hydrogen (secondary N) is 1. The molecule has 1 aliphatic rings. The van der Waals surface area contributed by atoms with Gasteiger partial charge in [0.1, 0.15) is 5.00 Å². The molecule has 0 unspecified atom stereocenters. The zero-order valence-electron chi connectivity index (χ0n) is 7.10. The van der Waals surface area contributed by atoms with Crippen molar-refractivity contribution in [3.63, 3.8) is 0 Å². The molecular formula is C7H11N3OS2. The summed E-state index contributed by atoms with van der Waals surface area (Å²) in [4.78, 5) is 0. The molecule has 1 N–H and O–H groups in total. The SMILES string of the molecule is O=S1CCC(Nc2cnns2)CC1. The predicted octanol–water partition coefficient (Wildman–Crippen LogP) is 0.861. The van der Waals surface area contributed by atoms with Gasteiger partial charge in [0.15, 0.2) is 0 Å². The van der Waals surface area contributed by atoms with Gasteiger partial charge in [-0.3, -0.25) is 4.21 Å². The topological polar surface area (TPSA) is 54.9 Å². The first-order valence-electron chi connectivity index (χ1n) is 4.23. The Bertz CT molecular complexity index is 278. The highest BCUT2D eigenvalue weighted by Crippen LogP contribution is 2.17. The first-order valence-corrected chi connectivity index (χ1v) is 6.49. The van der Waals surface area contributed by atoms with E-state index in [4.69, 9.17) is 0 Å². The highest BCUT2D eigenvalue weighted by Gasteiger charge is 2.17. The summed E-state index contributed by atoms with van der Waals surface area (Å²) in [6, 6.07) is 0.458. The van der Waals surface area contributed by atoms with Crippen LogP contribution in [0.15, 0.2) is 6.20 Å². The molecule has 2 heterocycles. The van der Waals surface area contributed by atoms with E-state index in [1.165, 1.54) is 11.5 Å². The van der Waals surface area contributed by atoms with Crippen LogP contribution in [0, 0.1) is 0 Å². The first kappa shape index (κ1) is 9.08. The molecule has 0 radical (unpaired) electrons. The maximum absolute atomic E-state index is 11.1. The summed E-state index contributed by atoms with van der Waals surface area (Å²) < 4.78 is 14.8. The maximum Gasteiger partial charge on any atom is 0.130 e. The second-order valence-electron chi connectivity index (χ2n) is 3.05. The highest BCUT2D eigenvalue weighted by atomic mass is 32.2. The zero-order chi connectivity index (χ0) is 9.10. The van der Waals surface area contributed by atoms with Crippen LogP contribution >= 0.6 is 11.5 Å². The van der Waals surface area contributed by atoms with Crippen LogP contribution in [0.3, 0.4) is 0 Å². The summed E-state index contributed by atoms with van der Waals surface area (Å²) in [6.07, 6.45) is 3.71. The Hall–Kier alpha value is -0.490. The molecular weight excluding hydrogens is 206 g/mol. The minimum atomic E-state index is -0.577. The van der Waals surface area contributed by atoms with E-state index in [9.17, 15) is 4.21 Å². The molecule has 1 aromatic heterocycles. The van der Waals surface area contributed by atoms with Gasteiger partial charge in [-0.15, -0.1) is 5.10 Å². The fourth-order valence-electron chi connectivity index (χ4n) is 1.37. The van der Waals surface area contributed by atoms with Crippen molar-refractivity contribution in [1.29, 1.82) is 0 Å². The second-order valence-corrected chi connectivity index (χ2v) is 5.53. The molecule has 0 bridgehead atoms. The molecule has 0 aromatic carbocycles. The van der Waals surface area contributed by atoms with Gasteiger partial charge in [0.05, 0.1) is 6.20 Å². The first-order chi connectivity index (χ1) is 6.34. The predicted molar refractivity (Wildman–Crippen MR) is 54.4 cm³/mol. The van der Waals surface area contributed by atoms with Gasteiger partial charge in [0.2, 0.25) is 0 Å². The summed E-state index contributed by atoms with van der Waals surface area (Å²) in [7, 11) is -0.577. The summed E-state index contributed by atoms with van der Waals surface area (Å²) >= 11 is 1.37. The molecule has 1 aliphatic heterocycles. The van der Waals surface area contributed by atoms with Crippen molar-refractivity contribution in [2.75, 3.05) is 16.8 Å². The maximum atomic E-state index is 11.1. The van der Waals surface area contributed by atoms with E-state index in [0.717, 1.165) is 29.3 Å². The fraction of sp³-hybridized carbons (Fsp3) is 0.714. The monoisotopic (exact) mass is 217 g/mol. The van der Waals surface area contributed by atoms with Crippen LogP contribution in [0.5, 0.6) is 0 Å². The summed E-state index contributed by atoms with van der Waals surface area (Å²) in [5.41, 5.74) is 0. The van der Waals surface area contributed by atoms with Crippen LogP contribution in [0.4, 0.5) is 5.00 Å². The summed E-state index contributed by atoms with van der Waals surface area (Å²) in [6.45, 7) is 0. The van der Waals surface area contributed by atoms with Gasteiger partial charge in [-0.25, -0.2) is 0 Å². The normalized spacial score (nSPS) is 28.6. The van der Waals surface area contributed by atoms with Gasteiger partial charge in [-0.1, -0.05) is 4.49 Å². The average Bonchev–Trinajstić information content (AvgIpc) is 2.62. The van der Waals surface area contributed by atoms with Gasteiger partial charge in [-0.05, 0) is 12.8 Å². The average molecular weight is 217 g/mol. The van der Waals surface area contributed by atoms with Crippen molar-refractivity contribution in [3.8, 4) is 0 Å². The van der Waals surface area contributed by atoms with Crippen molar-refractivity contribution in [2.24, 2.45) is 0 Å². The molecule has 72 valence electrons. The Morgan fingerprint density at radius 3 is 2.92 bits per heavy atom. The number of nitrogens with zero attached hydrogens (tertiary/aromatic N) is 2. The smallest absolute Gasteiger partial charge is 0.130 e. The molecule has 0 atom stereocenters. The lowest BCUT2D eigenvalue weighted by molar-refractivity contribution is 0.625. The van der Waals surface area contributed by atoms with Crippen LogP contribution in [0.1, 0.15) is 12.8 Å². The van der Waals surface area contributed by atoms with Gasteiger partial charge >= 0.3 is 0 Å². The third-order valence-electron chi connectivity index (χ3n) is 2.10. The Balaban J connectivity index is 1.86. The van der Waals surface area contributed by atoms with Crippen LogP contribution in [-0.2, 0) is 10.8 Å². The minimum Gasteiger partial charge on any atom is -0.372 e. The number of hydrogen-bond donors (Lipinski definition) is 1. The summed E-state index contributed by atoms with van der Waals surface area (Å²) in [5, 5.41) is 8.10. The van der Waals surface area contributed by atoms with Crippen LogP contribution in [0.25, 0.3) is 0 Å². The van der Waals surface area contributed by atoms with Crippen molar-refractivity contribution >= 4 is 27.3 Å². The Morgan fingerprint density at radius 1 is 1.54 bits per heavy atom. The van der Waals surface area contributed by atoms with Gasteiger partial charge in [0.25, 0.3) is 0 Å². The summed E-state index contributed by atoms with van der Waals surface area (Å²) in [5.74, 6) is 1.65. The standard InChI is InChI=1S/C7H11N3OS2/c11-13-3-1-6(2-4-13)9-7-5-8-10-12-7/h5-6,9H,1-4H2. The molecule has 2 rings (SSSR count). The van der Waals surface area contributed by atoms with Crippen molar-refractivity contribution in [1.82, 2.24) is 9.59 Å². The quantitative estimate of drug-likeness (QED) is 0.798. The van der Waals surface area contributed by atoms with E-state index >= 15 is 0 Å². The molecule has 0 amide bonds. The van der Waals surface area contributed by atoms with Gasteiger partial charge in [-0.2, -0.15) is 0 Å². The van der Waals surface area contributed by atoms with E-state index in [1.807, 2.05) is 0 Å². The van der Waals surface area contributed by atoms with Crippen LogP contribution < -0.4 is 5.32 Å². The number of anilines is 1. The van der Waals surface area contributed by atoms with Crippen molar-refractivity contribution in [3.05, 3.63) is 6.20 Å². The zero-order valence-corrected chi connectivity index (χ0v) is 8.74. The van der Waals surface area contributed by atoms with E-state index in [2.05, 4.69) is 14.9 Å². The Labute approximate surface area is 83.4 Å². The second kappa shape index (κ2) is 4.15. The lowest BCUT2D eigenvalue weighted by atomic mass is 10.2. The van der Waals surface area contributed by atoms with Crippen LogP contribution in [0.2, 0.25) is 0 Å². The highest BCUT2D eigenvalue weighted by molar-refractivity contribution is 7.85. The largest absolute Gasteiger partial charge is 0.372 e. The Kier molecular flexibility index (Phi) is 2.90. The molecule has 4 nitrogen and oxygen atoms in total. The van der Waals surface area contributed by atoms with E-state index in [1.54, 1.807) is 6.20 Å². The van der Waals surface area contributed by atoms with E-state index < -0.39 is 10.8 Å². The molecule has 13 heavy (non-hydrogen) atoms. The third-order valence-corrected chi connectivity index (χ3v) is 4.07. The fourth-order valence-corrected chi connectivity index (χ4v) is 3.16. The van der Waals surface area contributed by atoms with Gasteiger partial charge < -0.3 is 5.32 Å². The van der Waals surface area contributed by atoms with E-state index in [-0.39, 0.29) is 0 Å². The molecule has 1 aromatic rings. The van der Waals surface area contributed by atoms with Crippen LogP contribution in [-0.4, -0.2) is 31.3 Å². The molecule has 1 fully saturated rings. The molecule has 0 spiro atoms.